The highest BCUT2D eigenvalue weighted by Crippen LogP contribution is 2.66. The summed E-state index contributed by atoms with van der Waals surface area (Å²) in [6.07, 6.45) is 5.17. The number of phenols is 1. The van der Waals surface area contributed by atoms with Crippen molar-refractivity contribution in [2.75, 3.05) is 18.0 Å². The third-order valence-corrected chi connectivity index (χ3v) is 13.3. The average molecular weight is 743 g/mol. The molecule has 8 rings (SSSR count). The van der Waals surface area contributed by atoms with Gasteiger partial charge in [0.25, 0.3) is 11.8 Å². The number of hydrogen-bond donors (Lipinski definition) is 1. The van der Waals surface area contributed by atoms with Gasteiger partial charge in [-0.3, -0.25) is 29.0 Å². The molecule has 0 radical (unpaired) electrons. The van der Waals surface area contributed by atoms with E-state index < -0.39 is 51.1 Å². The summed E-state index contributed by atoms with van der Waals surface area (Å²) in [6, 6.07) is 19.9. The largest absolute Gasteiger partial charge is 0.507 e. The van der Waals surface area contributed by atoms with Crippen molar-refractivity contribution in [1.29, 1.82) is 0 Å². The van der Waals surface area contributed by atoms with E-state index >= 15 is 0 Å². The van der Waals surface area contributed by atoms with E-state index in [2.05, 4.69) is 23.6 Å². The first-order valence-electron chi connectivity index (χ1n) is 17.8. The highest BCUT2D eigenvalue weighted by Gasteiger charge is 2.77. The minimum Gasteiger partial charge on any atom is -0.507 e. The molecule has 3 saturated heterocycles. The van der Waals surface area contributed by atoms with Gasteiger partial charge in [-0.05, 0) is 73.4 Å². The molecule has 6 atom stereocenters. The lowest BCUT2D eigenvalue weighted by atomic mass is 9.56. The van der Waals surface area contributed by atoms with Crippen molar-refractivity contribution in [2.24, 2.45) is 17.8 Å². The standard InChI is InChI=1S/C41H38Cl2FN3O5/c1-2-7-25-10-6-11-31(35(25)48)34-29-16-17-30-33(37(50)46(36(30)49)28-18-20-45(21-19-28)23-24-8-4-3-5-9-24)32(29)22-40(42)38(51)47(39(52)41(34,40)43)27-14-12-26(44)13-15-27/h2-6,8-16,28,30,32-34,48H,1,7,17-23H2. The number of fused-ring (bicyclic) bond motifs is 4. The van der Waals surface area contributed by atoms with Crippen LogP contribution in [0.5, 0.6) is 5.75 Å². The number of rotatable bonds is 7. The monoisotopic (exact) mass is 741 g/mol. The molecule has 3 heterocycles. The molecule has 4 amide bonds. The van der Waals surface area contributed by atoms with Gasteiger partial charge in [-0.2, -0.15) is 0 Å². The number of likely N-dealkylation sites (tertiary alicyclic amines) is 2. The van der Waals surface area contributed by atoms with Gasteiger partial charge in [-0.25, -0.2) is 9.29 Å². The zero-order valence-electron chi connectivity index (χ0n) is 28.4. The van der Waals surface area contributed by atoms with E-state index in [4.69, 9.17) is 23.2 Å². The van der Waals surface area contributed by atoms with Crippen molar-refractivity contribution in [2.45, 2.75) is 60.4 Å². The van der Waals surface area contributed by atoms with Gasteiger partial charge in [0.2, 0.25) is 11.8 Å². The van der Waals surface area contributed by atoms with Crippen LogP contribution in [0.15, 0.2) is 97.1 Å². The van der Waals surface area contributed by atoms with Gasteiger partial charge in [0, 0.05) is 37.2 Å². The van der Waals surface area contributed by atoms with Crippen molar-refractivity contribution < 1.29 is 28.7 Å². The zero-order chi connectivity index (χ0) is 36.5. The lowest BCUT2D eigenvalue weighted by Gasteiger charge is -2.50. The first-order chi connectivity index (χ1) is 25.0. The molecule has 8 nitrogen and oxygen atoms in total. The molecule has 268 valence electrons. The van der Waals surface area contributed by atoms with Gasteiger partial charge >= 0.3 is 0 Å². The lowest BCUT2D eigenvalue weighted by Crippen LogP contribution is -2.60. The number of alkyl halides is 2. The molecule has 5 aliphatic rings. The molecule has 3 aromatic carbocycles. The Bertz CT molecular complexity index is 2020. The first-order valence-corrected chi connectivity index (χ1v) is 18.5. The van der Waals surface area contributed by atoms with Crippen LogP contribution in [0, 0.1) is 23.6 Å². The number of phenolic OH excluding ortho intramolecular Hbond substituents is 1. The first kappa shape index (κ1) is 34.8. The molecule has 11 heteroatoms. The summed E-state index contributed by atoms with van der Waals surface area (Å²) in [5.41, 5.74) is 2.72. The van der Waals surface area contributed by atoms with Gasteiger partial charge in [0.1, 0.15) is 11.6 Å². The number of imide groups is 2. The number of carbonyl (C=O) groups is 4. The van der Waals surface area contributed by atoms with Gasteiger partial charge in [-0.15, -0.1) is 29.8 Å². The third-order valence-electron chi connectivity index (χ3n) is 11.9. The summed E-state index contributed by atoms with van der Waals surface area (Å²) in [6.45, 7) is 6.05. The number of allylic oxidation sites excluding steroid dienone is 3. The molecule has 2 aliphatic carbocycles. The quantitative estimate of drug-likeness (QED) is 0.169. The van der Waals surface area contributed by atoms with Crippen molar-refractivity contribution in [1.82, 2.24) is 9.80 Å². The Balaban J connectivity index is 1.17. The number of piperidine rings is 1. The van der Waals surface area contributed by atoms with E-state index in [0.717, 1.165) is 36.7 Å². The number of amides is 4. The van der Waals surface area contributed by atoms with E-state index in [1.54, 1.807) is 24.3 Å². The van der Waals surface area contributed by atoms with E-state index in [0.29, 0.717) is 30.4 Å². The molecule has 3 aromatic rings. The summed E-state index contributed by atoms with van der Waals surface area (Å²) in [4.78, 5) is 58.4. The van der Waals surface area contributed by atoms with Gasteiger partial charge in [0.15, 0.2) is 9.75 Å². The fourth-order valence-electron chi connectivity index (χ4n) is 9.47. The summed E-state index contributed by atoms with van der Waals surface area (Å²) in [5.74, 6) is -6.14. The second-order valence-corrected chi connectivity index (χ2v) is 15.9. The highest BCUT2D eigenvalue weighted by atomic mass is 35.5. The maximum Gasteiger partial charge on any atom is 0.258 e. The summed E-state index contributed by atoms with van der Waals surface area (Å²) < 4.78 is 14.0. The van der Waals surface area contributed by atoms with Crippen molar-refractivity contribution in [3.8, 4) is 5.75 Å². The van der Waals surface area contributed by atoms with Crippen molar-refractivity contribution in [3.05, 3.63) is 120 Å². The molecular weight excluding hydrogens is 704 g/mol. The van der Waals surface area contributed by atoms with E-state index in [-0.39, 0.29) is 47.7 Å². The maximum absolute atomic E-state index is 14.6. The fourth-order valence-corrected chi connectivity index (χ4v) is 10.4. The predicted molar refractivity (Wildman–Crippen MR) is 195 cm³/mol. The number of halogens is 3. The van der Waals surface area contributed by atoms with E-state index in [1.165, 1.54) is 22.6 Å². The van der Waals surface area contributed by atoms with Crippen molar-refractivity contribution >= 4 is 52.5 Å². The van der Waals surface area contributed by atoms with E-state index in [9.17, 15) is 28.7 Å². The molecule has 4 fully saturated rings. The van der Waals surface area contributed by atoms with Gasteiger partial charge in [-0.1, -0.05) is 66.3 Å². The average Bonchev–Trinajstić information content (AvgIpc) is 3.48. The molecular formula is C41H38Cl2FN3O5. The molecule has 0 aromatic heterocycles. The smallest absolute Gasteiger partial charge is 0.258 e. The molecule has 1 saturated carbocycles. The number of carbonyl (C=O) groups excluding carboxylic acids is 4. The second kappa shape index (κ2) is 13.0. The van der Waals surface area contributed by atoms with Gasteiger partial charge < -0.3 is 5.11 Å². The van der Waals surface area contributed by atoms with Crippen LogP contribution >= 0.6 is 23.2 Å². The normalized spacial score (nSPS) is 30.6. The molecule has 0 bridgehead atoms. The Morgan fingerprint density at radius 3 is 2.29 bits per heavy atom. The Morgan fingerprint density at radius 2 is 1.60 bits per heavy atom. The summed E-state index contributed by atoms with van der Waals surface area (Å²) in [7, 11) is 0. The van der Waals surface area contributed by atoms with Crippen LogP contribution in [0.4, 0.5) is 10.1 Å². The summed E-state index contributed by atoms with van der Waals surface area (Å²) in [5, 5.41) is 11.7. The Morgan fingerprint density at radius 1 is 0.885 bits per heavy atom. The van der Waals surface area contributed by atoms with Crippen LogP contribution in [0.2, 0.25) is 0 Å². The minimum atomic E-state index is -2.13. The van der Waals surface area contributed by atoms with Crippen LogP contribution in [-0.2, 0) is 32.1 Å². The van der Waals surface area contributed by atoms with Crippen LogP contribution in [-0.4, -0.2) is 67.4 Å². The number of para-hydroxylation sites is 1. The highest BCUT2D eigenvalue weighted by molar-refractivity contribution is 6.58. The number of nitrogens with zero attached hydrogens (tertiary/aromatic N) is 3. The topological polar surface area (TPSA) is 98.2 Å². The third kappa shape index (κ3) is 5.11. The minimum absolute atomic E-state index is 0.0981. The maximum atomic E-state index is 14.6. The fraction of sp³-hybridized carbons (Fsp3) is 0.366. The van der Waals surface area contributed by atoms with Gasteiger partial charge in [0.05, 0.1) is 17.5 Å². The van der Waals surface area contributed by atoms with Crippen LogP contribution in [0.1, 0.15) is 48.3 Å². The zero-order valence-corrected chi connectivity index (χ0v) is 29.9. The predicted octanol–water partition coefficient (Wildman–Crippen LogP) is 6.49. The molecule has 1 N–H and O–H groups in total. The SMILES string of the molecule is C=CCc1cccc(C2C3=CCC4C(=O)N(C5CCN(Cc6ccccc6)CC5)C(=O)C4C3CC3(Cl)C(=O)N(c4ccc(F)cc4)C(=O)C23Cl)c1O. The Kier molecular flexibility index (Phi) is 8.67. The number of anilines is 1. The van der Waals surface area contributed by atoms with Crippen LogP contribution in [0.3, 0.4) is 0 Å². The number of benzene rings is 3. The molecule has 6 unspecified atom stereocenters. The Labute approximate surface area is 311 Å². The van der Waals surface area contributed by atoms with Crippen LogP contribution in [0.25, 0.3) is 0 Å². The Hall–Kier alpha value is -4.31. The van der Waals surface area contributed by atoms with Crippen molar-refractivity contribution in [3.63, 3.8) is 0 Å². The van der Waals surface area contributed by atoms with Crippen LogP contribution < -0.4 is 4.90 Å². The number of aromatic hydroxyl groups is 1. The molecule has 3 aliphatic heterocycles. The summed E-state index contributed by atoms with van der Waals surface area (Å²) >= 11 is 15.0. The number of hydrogen-bond acceptors (Lipinski definition) is 6. The second-order valence-electron chi connectivity index (χ2n) is 14.6. The lowest BCUT2D eigenvalue weighted by molar-refractivity contribution is -0.144. The molecule has 0 spiro atoms. The molecule has 52 heavy (non-hydrogen) atoms. The van der Waals surface area contributed by atoms with E-state index in [1.807, 2.05) is 24.3 Å².